The number of benzene rings is 1. The van der Waals surface area contributed by atoms with Gasteiger partial charge in [0.05, 0.1) is 11.9 Å². The Morgan fingerprint density at radius 1 is 1.33 bits per heavy atom. The summed E-state index contributed by atoms with van der Waals surface area (Å²) in [5.74, 6) is -1.12. The number of hydrogen-bond donors (Lipinski definition) is 1. The minimum Gasteiger partial charge on any atom is -0.477 e. The third-order valence-electron chi connectivity index (χ3n) is 3.16. The van der Waals surface area contributed by atoms with Gasteiger partial charge in [-0.25, -0.2) is 14.3 Å². The lowest BCUT2D eigenvalue weighted by Gasteiger charge is -2.05. The van der Waals surface area contributed by atoms with Crippen LogP contribution in [0.15, 0.2) is 36.5 Å². The van der Waals surface area contributed by atoms with E-state index in [9.17, 15) is 9.90 Å². The van der Waals surface area contributed by atoms with Crippen LogP contribution in [0, 0.1) is 18.3 Å². The summed E-state index contributed by atoms with van der Waals surface area (Å²) in [4.78, 5) is 15.7. The predicted octanol–water partition coefficient (Wildman–Crippen LogP) is 2.27. The zero-order chi connectivity index (χ0) is 15.0. The lowest BCUT2D eigenvalue weighted by Crippen LogP contribution is -2.08. The summed E-state index contributed by atoms with van der Waals surface area (Å²) in [7, 11) is 0. The number of aromatic carboxylic acids is 1. The molecule has 0 saturated heterocycles. The number of nitrogens with zero attached hydrogens (tertiary/aromatic N) is 4. The van der Waals surface area contributed by atoms with Crippen LogP contribution < -0.4 is 0 Å². The van der Waals surface area contributed by atoms with Crippen LogP contribution in [-0.2, 0) is 0 Å². The van der Waals surface area contributed by atoms with Crippen molar-refractivity contribution in [3.63, 3.8) is 0 Å². The second kappa shape index (κ2) is 4.72. The Morgan fingerprint density at radius 3 is 2.67 bits per heavy atom. The molecule has 0 bridgehead atoms. The molecule has 0 amide bonds. The largest absolute Gasteiger partial charge is 0.477 e. The molecule has 0 fully saturated rings. The van der Waals surface area contributed by atoms with Crippen molar-refractivity contribution in [2.45, 2.75) is 6.92 Å². The Morgan fingerprint density at radius 2 is 2.05 bits per heavy atom. The van der Waals surface area contributed by atoms with Crippen LogP contribution in [0.1, 0.15) is 21.6 Å². The smallest absolute Gasteiger partial charge is 0.354 e. The molecule has 0 aliphatic heterocycles. The van der Waals surface area contributed by atoms with Crippen LogP contribution in [0.5, 0.6) is 0 Å². The molecule has 0 aliphatic rings. The first kappa shape index (κ1) is 12.8. The zero-order valence-electron chi connectivity index (χ0n) is 11.1. The normalized spacial score (nSPS) is 10.5. The molecule has 102 valence electrons. The number of carboxylic acids is 1. The van der Waals surface area contributed by atoms with E-state index in [2.05, 4.69) is 10.1 Å². The highest BCUT2D eigenvalue weighted by Gasteiger charge is 2.16. The highest BCUT2D eigenvalue weighted by atomic mass is 16.4. The fourth-order valence-electron chi connectivity index (χ4n) is 2.07. The van der Waals surface area contributed by atoms with E-state index < -0.39 is 5.97 Å². The van der Waals surface area contributed by atoms with Crippen molar-refractivity contribution >= 4 is 11.6 Å². The van der Waals surface area contributed by atoms with Gasteiger partial charge in [-0.3, -0.25) is 0 Å². The summed E-state index contributed by atoms with van der Waals surface area (Å²) in [6.45, 7) is 1.97. The Hall–Kier alpha value is -3.20. The van der Waals surface area contributed by atoms with Gasteiger partial charge >= 0.3 is 5.97 Å². The Labute approximate surface area is 119 Å². The third kappa shape index (κ3) is 2.11. The maximum absolute atomic E-state index is 11.4. The van der Waals surface area contributed by atoms with Gasteiger partial charge in [0.2, 0.25) is 0 Å². The summed E-state index contributed by atoms with van der Waals surface area (Å²) >= 11 is 0. The number of aryl methyl sites for hydroxylation is 1. The van der Waals surface area contributed by atoms with E-state index in [-0.39, 0.29) is 16.9 Å². The molecular weight excluding hydrogens is 268 g/mol. The standard InChI is InChI=1S/C15H10N4O2/c1-9-2-4-10(5-3-9)12-6-13(15(20)21)19-14(18-12)11(7-16)8-17-19/h2-6,8H,1H3,(H,20,21). The molecule has 0 unspecified atom stereocenters. The van der Waals surface area contributed by atoms with Crippen LogP contribution in [0.2, 0.25) is 0 Å². The molecule has 0 saturated carbocycles. The van der Waals surface area contributed by atoms with Crippen LogP contribution in [0.3, 0.4) is 0 Å². The summed E-state index contributed by atoms with van der Waals surface area (Å²) in [6, 6.07) is 11.0. The Balaban J connectivity index is 2.31. The number of aromatic nitrogens is 3. The fraction of sp³-hybridized carbons (Fsp3) is 0.0667. The molecule has 0 atom stereocenters. The first-order valence-corrected chi connectivity index (χ1v) is 6.19. The number of fused-ring (bicyclic) bond motifs is 1. The van der Waals surface area contributed by atoms with Crippen molar-refractivity contribution < 1.29 is 9.90 Å². The molecule has 1 N–H and O–H groups in total. The molecular formula is C15H10N4O2. The number of carbonyl (C=O) groups is 1. The van der Waals surface area contributed by atoms with Crippen molar-refractivity contribution in [3.05, 3.63) is 53.3 Å². The van der Waals surface area contributed by atoms with Crippen LogP contribution >= 0.6 is 0 Å². The SMILES string of the molecule is Cc1ccc(-c2cc(C(=O)O)n3ncc(C#N)c3n2)cc1. The van der Waals surface area contributed by atoms with Gasteiger partial charge in [-0.1, -0.05) is 29.8 Å². The van der Waals surface area contributed by atoms with Gasteiger partial charge in [0.15, 0.2) is 11.3 Å². The summed E-state index contributed by atoms with van der Waals surface area (Å²) in [6.07, 6.45) is 1.31. The van der Waals surface area contributed by atoms with E-state index in [1.165, 1.54) is 16.8 Å². The topological polar surface area (TPSA) is 91.3 Å². The predicted molar refractivity (Wildman–Crippen MR) is 74.8 cm³/mol. The highest BCUT2D eigenvalue weighted by Crippen LogP contribution is 2.21. The third-order valence-corrected chi connectivity index (χ3v) is 3.16. The molecule has 2 aromatic heterocycles. The molecule has 0 radical (unpaired) electrons. The number of carboxylic acid groups (broad SMARTS) is 1. The van der Waals surface area contributed by atoms with E-state index in [0.29, 0.717) is 5.69 Å². The van der Waals surface area contributed by atoms with Crippen molar-refractivity contribution in [1.29, 1.82) is 5.26 Å². The first-order chi connectivity index (χ1) is 10.1. The van der Waals surface area contributed by atoms with Gasteiger partial charge in [-0.05, 0) is 13.0 Å². The van der Waals surface area contributed by atoms with Gasteiger partial charge in [-0.15, -0.1) is 0 Å². The molecule has 2 heterocycles. The summed E-state index contributed by atoms with van der Waals surface area (Å²) in [5.41, 5.74) is 2.84. The second-order valence-electron chi connectivity index (χ2n) is 4.60. The Kier molecular flexibility index (Phi) is 2.88. The van der Waals surface area contributed by atoms with E-state index in [4.69, 9.17) is 5.26 Å². The second-order valence-corrected chi connectivity index (χ2v) is 4.60. The van der Waals surface area contributed by atoms with E-state index in [1.54, 1.807) is 0 Å². The van der Waals surface area contributed by atoms with Gasteiger partial charge in [0.25, 0.3) is 0 Å². The average molecular weight is 278 g/mol. The summed E-state index contributed by atoms with van der Waals surface area (Å²) < 4.78 is 1.17. The molecule has 6 nitrogen and oxygen atoms in total. The fourth-order valence-corrected chi connectivity index (χ4v) is 2.07. The van der Waals surface area contributed by atoms with Crippen molar-refractivity contribution in [2.24, 2.45) is 0 Å². The monoisotopic (exact) mass is 278 g/mol. The van der Waals surface area contributed by atoms with E-state index in [1.807, 2.05) is 37.3 Å². The highest BCUT2D eigenvalue weighted by molar-refractivity contribution is 5.88. The molecule has 21 heavy (non-hydrogen) atoms. The number of nitriles is 1. The minimum atomic E-state index is -1.12. The average Bonchev–Trinajstić information content (AvgIpc) is 2.89. The van der Waals surface area contributed by atoms with Crippen molar-refractivity contribution in [2.75, 3.05) is 0 Å². The molecule has 0 aliphatic carbocycles. The van der Waals surface area contributed by atoms with Gasteiger partial charge in [-0.2, -0.15) is 10.4 Å². The van der Waals surface area contributed by atoms with Crippen LogP contribution in [0.25, 0.3) is 16.9 Å². The van der Waals surface area contributed by atoms with Crippen LogP contribution in [0.4, 0.5) is 0 Å². The van der Waals surface area contributed by atoms with Crippen molar-refractivity contribution in [1.82, 2.24) is 14.6 Å². The maximum atomic E-state index is 11.4. The molecule has 1 aromatic carbocycles. The number of hydrogen-bond acceptors (Lipinski definition) is 4. The van der Waals surface area contributed by atoms with Gasteiger partial charge in [0.1, 0.15) is 11.6 Å². The molecule has 3 rings (SSSR count). The molecule has 0 spiro atoms. The molecule has 3 aromatic rings. The van der Waals surface area contributed by atoms with E-state index in [0.717, 1.165) is 11.1 Å². The zero-order valence-corrected chi connectivity index (χ0v) is 11.1. The van der Waals surface area contributed by atoms with E-state index >= 15 is 0 Å². The van der Waals surface area contributed by atoms with Gasteiger partial charge in [0, 0.05) is 5.56 Å². The number of rotatable bonds is 2. The quantitative estimate of drug-likeness (QED) is 0.776. The molecule has 6 heteroatoms. The van der Waals surface area contributed by atoms with Gasteiger partial charge < -0.3 is 5.11 Å². The van der Waals surface area contributed by atoms with Crippen molar-refractivity contribution in [3.8, 4) is 17.3 Å². The Bertz CT molecular complexity index is 888. The minimum absolute atomic E-state index is 0.0305. The lowest BCUT2D eigenvalue weighted by molar-refractivity contribution is 0.0687. The maximum Gasteiger partial charge on any atom is 0.354 e. The van der Waals surface area contributed by atoms with Crippen LogP contribution in [-0.4, -0.2) is 25.7 Å². The lowest BCUT2D eigenvalue weighted by atomic mass is 10.1. The summed E-state index contributed by atoms with van der Waals surface area (Å²) in [5, 5.41) is 22.3. The first-order valence-electron chi connectivity index (χ1n) is 6.19.